The number of piperazine rings is 1. The Balaban J connectivity index is 1.49. The number of hydrogen-bond acceptors (Lipinski definition) is 7. The summed E-state index contributed by atoms with van der Waals surface area (Å²) in [7, 11) is 1.60. The molecule has 1 fully saturated rings. The highest BCUT2D eigenvalue weighted by molar-refractivity contribution is 7.22. The van der Waals surface area contributed by atoms with Crippen LogP contribution in [0.2, 0.25) is 5.02 Å². The fourth-order valence-corrected chi connectivity index (χ4v) is 4.58. The Bertz CT molecular complexity index is 1100. The van der Waals surface area contributed by atoms with E-state index in [1.54, 1.807) is 30.2 Å². The molecule has 0 aliphatic carbocycles. The monoisotopic (exact) mass is 432 g/mol. The lowest BCUT2D eigenvalue weighted by atomic mass is 10.1. The van der Waals surface area contributed by atoms with Crippen molar-refractivity contribution in [2.45, 2.75) is 0 Å². The molecular weight excluding hydrogens is 416 g/mol. The summed E-state index contributed by atoms with van der Waals surface area (Å²) < 4.78 is 6.24. The van der Waals surface area contributed by atoms with Gasteiger partial charge < -0.3 is 14.5 Å². The van der Waals surface area contributed by atoms with Crippen molar-refractivity contribution in [1.82, 2.24) is 9.88 Å². The smallest absolute Gasteiger partial charge is 0.270 e. The molecule has 10 heteroatoms. The number of nitro groups is 1. The van der Waals surface area contributed by atoms with Crippen LogP contribution in [0.5, 0.6) is 5.75 Å². The van der Waals surface area contributed by atoms with Gasteiger partial charge in [-0.25, -0.2) is 4.98 Å². The van der Waals surface area contributed by atoms with E-state index in [4.69, 9.17) is 16.3 Å². The SMILES string of the molecule is COc1ccc(Cl)c2sc(N3CCN(C(=O)c4cccc([N+](=O)[O-])c4)CC3)nc12. The molecule has 0 saturated carbocycles. The first-order valence-electron chi connectivity index (χ1n) is 8.89. The number of rotatable bonds is 4. The quantitative estimate of drug-likeness (QED) is 0.460. The number of aromatic nitrogens is 1. The van der Waals surface area contributed by atoms with Gasteiger partial charge in [0, 0.05) is 43.9 Å². The number of benzene rings is 2. The van der Waals surface area contributed by atoms with E-state index < -0.39 is 4.92 Å². The second-order valence-corrected chi connectivity index (χ2v) is 7.90. The first-order valence-corrected chi connectivity index (χ1v) is 10.1. The van der Waals surface area contributed by atoms with E-state index in [0.717, 1.165) is 15.3 Å². The lowest BCUT2D eigenvalue weighted by Gasteiger charge is -2.34. The van der Waals surface area contributed by atoms with Crippen molar-refractivity contribution in [2.24, 2.45) is 0 Å². The Labute approximate surface area is 175 Å². The van der Waals surface area contributed by atoms with Crippen LogP contribution in [0.3, 0.4) is 0 Å². The zero-order valence-electron chi connectivity index (χ0n) is 15.5. The topological polar surface area (TPSA) is 88.8 Å². The molecule has 2 heterocycles. The van der Waals surface area contributed by atoms with Gasteiger partial charge in [0.05, 0.1) is 21.8 Å². The van der Waals surface area contributed by atoms with E-state index in [1.807, 2.05) is 0 Å². The maximum atomic E-state index is 12.7. The molecule has 2 aromatic carbocycles. The van der Waals surface area contributed by atoms with Gasteiger partial charge in [0.2, 0.25) is 0 Å². The van der Waals surface area contributed by atoms with Crippen molar-refractivity contribution < 1.29 is 14.5 Å². The molecule has 1 amide bonds. The summed E-state index contributed by atoms with van der Waals surface area (Å²) >= 11 is 7.80. The van der Waals surface area contributed by atoms with E-state index in [1.165, 1.54) is 29.5 Å². The molecular formula is C19H17ClN4O4S. The van der Waals surface area contributed by atoms with Gasteiger partial charge in [-0.2, -0.15) is 0 Å². The molecule has 0 bridgehead atoms. The maximum absolute atomic E-state index is 12.7. The number of halogens is 1. The molecule has 150 valence electrons. The third kappa shape index (κ3) is 3.70. The van der Waals surface area contributed by atoms with Crippen molar-refractivity contribution in [3.05, 3.63) is 57.1 Å². The highest BCUT2D eigenvalue weighted by Gasteiger charge is 2.25. The third-order valence-electron chi connectivity index (χ3n) is 4.81. The lowest BCUT2D eigenvalue weighted by Crippen LogP contribution is -2.48. The van der Waals surface area contributed by atoms with Crippen molar-refractivity contribution in [1.29, 1.82) is 0 Å². The molecule has 4 rings (SSSR count). The number of nitro benzene ring substituents is 1. The number of thiazole rings is 1. The second kappa shape index (κ2) is 7.84. The van der Waals surface area contributed by atoms with Gasteiger partial charge in [0.15, 0.2) is 5.13 Å². The van der Waals surface area contributed by atoms with Gasteiger partial charge >= 0.3 is 0 Å². The van der Waals surface area contributed by atoms with Crippen LogP contribution in [-0.4, -0.2) is 54.0 Å². The molecule has 0 radical (unpaired) electrons. The van der Waals surface area contributed by atoms with Crippen molar-refractivity contribution in [3.63, 3.8) is 0 Å². The van der Waals surface area contributed by atoms with Gasteiger partial charge in [-0.05, 0) is 18.2 Å². The van der Waals surface area contributed by atoms with Crippen LogP contribution in [0.1, 0.15) is 10.4 Å². The Morgan fingerprint density at radius 3 is 2.69 bits per heavy atom. The Morgan fingerprint density at radius 2 is 2.00 bits per heavy atom. The number of methoxy groups -OCH3 is 1. The molecule has 1 saturated heterocycles. The van der Waals surface area contributed by atoms with E-state index >= 15 is 0 Å². The lowest BCUT2D eigenvalue weighted by molar-refractivity contribution is -0.384. The average molecular weight is 433 g/mol. The van der Waals surface area contributed by atoms with Crippen LogP contribution in [0.15, 0.2) is 36.4 Å². The molecule has 0 unspecified atom stereocenters. The first-order chi connectivity index (χ1) is 14.0. The number of ether oxygens (including phenoxy) is 1. The van der Waals surface area contributed by atoms with Crippen molar-refractivity contribution in [2.75, 3.05) is 38.2 Å². The number of carbonyl (C=O) groups is 1. The van der Waals surface area contributed by atoms with Crippen molar-refractivity contribution >= 4 is 49.9 Å². The zero-order chi connectivity index (χ0) is 20.5. The molecule has 0 spiro atoms. The van der Waals surface area contributed by atoms with E-state index in [-0.39, 0.29) is 11.6 Å². The van der Waals surface area contributed by atoms with E-state index in [9.17, 15) is 14.9 Å². The molecule has 1 aliphatic rings. The van der Waals surface area contributed by atoms with Crippen LogP contribution in [0.25, 0.3) is 10.2 Å². The minimum absolute atomic E-state index is 0.0882. The Hall–Kier alpha value is -2.91. The van der Waals surface area contributed by atoms with Gasteiger partial charge in [0.25, 0.3) is 11.6 Å². The highest BCUT2D eigenvalue weighted by Crippen LogP contribution is 2.38. The Morgan fingerprint density at radius 1 is 1.24 bits per heavy atom. The predicted molar refractivity (Wildman–Crippen MR) is 112 cm³/mol. The molecule has 1 aliphatic heterocycles. The summed E-state index contributed by atoms with van der Waals surface area (Å²) in [6, 6.07) is 9.41. The number of non-ortho nitro benzene ring substituents is 1. The van der Waals surface area contributed by atoms with Crippen LogP contribution in [-0.2, 0) is 0 Å². The summed E-state index contributed by atoms with van der Waals surface area (Å²) in [6.07, 6.45) is 0. The number of amides is 1. The predicted octanol–water partition coefficient (Wildman–Crippen LogP) is 3.83. The largest absolute Gasteiger partial charge is 0.494 e. The minimum Gasteiger partial charge on any atom is -0.494 e. The molecule has 3 aromatic rings. The fraction of sp³-hybridized carbons (Fsp3) is 0.263. The summed E-state index contributed by atoms with van der Waals surface area (Å²) in [6.45, 7) is 2.23. The fourth-order valence-electron chi connectivity index (χ4n) is 3.28. The first kappa shape index (κ1) is 19.4. The Kier molecular flexibility index (Phi) is 5.25. The molecule has 0 N–H and O–H groups in total. The number of anilines is 1. The van der Waals surface area contributed by atoms with Gasteiger partial charge in [-0.15, -0.1) is 0 Å². The average Bonchev–Trinajstić information content (AvgIpc) is 3.20. The number of nitrogens with zero attached hydrogens (tertiary/aromatic N) is 4. The number of carbonyl (C=O) groups excluding carboxylic acids is 1. The highest BCUT2D eigenvalue weighted by atomic mass is 35.5. The van der Waals surface area contributed by atoms with Gasteiger partial charge in [-0.3, -0.25) is 14.9 Å². The summed E-state index contributed by atoms with van der Waals surface area (Å²) in [5, 5.41) is 12.4. The number of fused-ring (bicyclic) bond motifs is 1. The third-order valence-corrected chi connectivity index (χ3v) is 6.38. The summed E-state index contributed by atoms with van der Waals surface area (Å²) in [4.78, 5) is 31.7. The van der Waals surface area contributed by atoms with E-state index in [2.05, 4.69) is 9.88 Å². The summed E-state index contributed by atoms with van der Waals surface area (Å²) in [5.74, 6) is 0.466. The molecule has 0 atom stereocenters. The molecule has 8 nitrogen and oxygen atoms in total. The minimum atomic E-state index is -0.499. The van der Waals surface area contributed by atoms with E-state index in [0.29, 0.717) is 42.5 Å². The maximum Gasteiger partial charge on any atom is 0.270 e. The normalized spacial score (nSPS) is 14.3. The molecule has 1 aromatic heterocycles. The van der Waals surface area contributed by atoms with Crippen LogP contribution < -0.4 is 9.64 Å². The number of hydrogen-bond donors (Lipinski definition) is 0. The van der Waals surface area contributed by atoms with Gasteiger partial charge in [0.1, 0.15) is 11.3 Å². The standard InChI is InChI=1S/C19H17ClN4O4S/c1-28-15-6-5-14(20)17-16(15)21-19(29-17)23-9-7-22(8-10-23)18(25)12-3-2-4-13(11-12)24(26)27/h2-6,11H,7-10H2,1H3. The second-order valence-electron chi connectivity index (χ2n) is 6.51. The summed E-state index contributed by atoms with van der Waals surface area (Å²) in [5.41, 5.74) is 0.967. The van der Waals surface area contributed by atoms with Crippen LogP contribution in [0, 0.1) is 10.1 Å². The van der Waals surface area contributed by atoms with Crippen molar-refractivity contribution in [3.8, 4) is 5.75 Å². The van der Waals surface area contributed by atoms with Crippen LogP contribution >= 0.6 is 22.9 Å². The zero-order valence-corrected chi connectivity index (χ0v) is 17.1. The van der Waals surface area contributed by atoms with Crippen LogP contribution in [0.4, 0.5) is 10.8 Å². The molecule has 29 heavy (non-hydrogen) atoms. The van der Waals surface area contributed by atoms with Gasteiger partial charge in [-0.1, -0.05) is 29.0 Å².